The molecule has 1 amide bonds. The minimum absolute atomic E-state index is 0.0883. The first kappa shape index (κ1) is 17.8. The molecule has 1 fully saturated rings. The molecule has 1 aromatic carbocycles. The number of carbonyl (C=O) groups excluding carboxylic acids is 2. The van der Waals surface area contributed by atoms with Gasteiger partial charge >= 0.3 is 6.09 Å². The van der Waals surface area contributed by atoms with Crippen molar-refractivity contribution < 1.29 is 18.7 Å². The van der Waals surface area contributed by atoms with Gasteiger partial charge in [0.2, 0.25) is 0 Å². The maximum atomic E-state index is 13.3. The molecular weight excluding hydrogens is 317 g/mol. The number of thioether (sulfide) groups is 1. The van der Waals surface area contributed by atoms with Crippen molar-refractivity contribution in [3.63, 3.8) is 0 Å². The molecule has 1 atom stereocenters. The summed E-state index contributed by atoms with van der Waals surface area (Å²) < 4.78 is 18.7. The van der Waals surface area contributed by atoms with Gasteiger partial charge in [-0.1, -0.05) is 6.07 Å². The van der Waals surface area contributed by atoms with Crippen molar-refractivity contribution in [1.29, 1.82) is 0 Å². The van der Waals surface area contributed by atoms with Crippen LogP contribution in [0.3, 0.4) is 0 Å². The van der Waals surface area contributed by atoms with Crippen molar-refractivity contribution in [1.82, 2.24) is 4.90 Å². The molecule has 6 heteroatoms. The molecule has 0 radical (unpaired) electrons. The summed E-state index contributed by atoms with van der Waals surface area (Å²) in [5.41, 5.74) is -0.571. The predicted molar refractivity (Wildman–Crippen MR) is 88.1 cm³/mol. The molecule has 1 saturated heterocycles. The maximum Gasteiger partial charge on any atom is 0.410 e. The molecule has 23 heavy (non-hydrogen) atoms. The van der Waals surface area contributed by atoms with Crippen LogP contribution in [0.2, 0.25) is 0 Å². The lowest BCUT2D eigenvalue weighted by atomic mass is 10.2. The largest absolute Gasteiger partial charge is 0.444 e. The molecule has 0 aromatic heterocycles. The van der Waals surface area contributed by atoms with Gasteiger partial charge in [-0.2, -0.15) is 0 Å². The van der Waals surface area contributed by atoms with E-state index in [4.69, 9.17) is 4.74 Å². The highest BCUT2D eigenvalue weighted by Gasteiger charge is 2.30. The Labute approximate surface area is 140 Å². The second-order valence-corrected chi connectivity index (χ2v) is 7.84. The molecule has 0 N–H and O–H groups in total. The van der Waals surface area contributed by atoms with Gasteiger partial charge in [0.15, 0.2) is 0 Å². The number of halogens is 1. The fourth-order valence-corrected chi connectivity index (χ4v) is 3.47. The Morgan fingerprint density at radius 1 is 1.39 bits per heavy atom. The summed E-state index contributed by atoms with van der Waals surface area (Å²) in [6, 6.07) is 6.15. The van der Waals surface area contributed by atoms with Gasteiger partial charge in [-0.25, -0.2) is 9.18 Å². The van der Waals surface area contributed by atoms with Crippen LogP contribution in [0.25, 0.3) is 0 Å². The van der Waals surface area contributed by atoms with Crippen LogP contribution in [0, 0.1) is 5.82 Å². The Balaban J connectivity index is 2.08. The minimum Gasteiger partial charge on any atom is -0.444 e. The number of likely N-dealkylation sites (tertiary alicyclic amines) is 1. The smallest absolute Gasteiger partial charge is 0.410 e. The summed E-state index contributed by atoms with van der Waals surface area (Å²) in [4.78, 5) is 26.8. The van der Waals surface area contributed by atoms with E-state index in [1.165, 1.54) is 23.9 Å². The van der Waals surface area contributed by atoms with Gasteiger partial charge in [0, 0.05) is 24.4 Å². The average molecular weight is 339 g/mol. The number of ether oxygens (including phenoxy) is 1. The number of hydrogen-bond acceptors (Lipinski definition) is 4. The Morgan fingerprint density at radius 2 is 2.13 bits per heavy atom. The van der Waals surface area contributed by atoms with E-state index in [1.54, 1.807) is 17.0 Å². The second kappa shape index (κ2) is 7.34. The van der Waals surface area contributed by atoms with Gasteiger partial charge in [-0.3, -0.25) is 4.79 Å². The Bertz CT molecular complexity index is 585. The lowest BCUT2D eigenvalue weighted by molar-refractivity contribution is -0.118. The molecule has 1 aliphatic heterocycles. The number of amides is 1. The van der Waals surface area contributed by atoms with Crippen molar-refractivity contribution in [2.45, 2.75) is 49.4 Å². The molecule has 0 saturated carbocycles. The first-order valence-electron chi connectivity index (χ1n) is 7.67. The van der Waals surface area contributed by atoms with Crippen LogP contribution in [-0.4, -0.2) is 40.7 Å². The summed E-state index contributed by atoms with van der Waals surface area (Å²) in [5.74, 6) is -0.245. The SMILES string of the molecule is CC(C)(C)OC(=O)N1CCCC(=O)C(Sc2cccc(F)c2)C1. The van der Waals surface area contributed by atoms with Crippen LogP contribution in [0.1, 0.15) is 33.6 Å². The van der Waals surface area contributed by atoms with Gasteiger partial charge < -0.3 is 9.64 Å². The van der Waals surface area contributed by atoms with E-state index in [0.29, 0.717) is 24.3 Å². The molecule has 126 valence electrons. The van der Waals surface area contributed by atoms with Crippen molar-refractivity contribution in [2.75, 3.05) is 13.1 Å². The fraction of sp³-hybridized carbons (Fsp3) is 0.529. The van der Waals surface area contributed by atoms with E-state index < -0.39 is 16.9 Å². The van der Waals surface area contributed by atoms with E-state index in [1.807, 2.05) is 20.8 Å². The first-order chi connectivity index (χ1) is 10.7. The zero-order chi connectivity index (χ0) is 17.0. The molecule has 1 aromatic rings. The van der Waals surface area contributed by atoms with Crippen molar-refractivity contribution >= 4 is 23.6 Å². The Kier molecular flexibility index (Phi) is 5.68. The van der Waals surface area contributed by atoms with Crippen molar-refractivity contribution in [2.24, 2.45) is 0 Å². The van der Waals surface area contributed by atoms with Gasteiger partial charge in [-0.05, 0) is 45.4 Å². The molecule has 2 rings (SSSR count). The summed E-state index contributed by atoms with van der Waals surface area (Å²) >= 11 is 1.30. The number of benzene rings is 1. The molecule has 1 unspecified atom stereocenters. The molecular formula is C17H22FNO3S. The zero-order valence-electron chi connectivity index (χ0n) is 13.7. The van der Waals surface area contributed by atoms with E-state index in [9.17, 15) is 14.0 Å². The van der Waals surface area contributed by atoms with E-state index in [-0.39, 0.29) is 18.1 Å². The van der Waals surface area contributed by atoms with Crippen LogP contribution >= 0.6 is 11.8 Å². The summed E-state index contributed by atoms with van der Waals surface area (Å²) in [5, 5.41) is -0.396. The number of ketones is 1. The lowest BCUT2D eigenvalue weighted by Crippen LogP contribution is -2.40. The number of carbonyl (C=O) groups is 2. The molecule has 1 heterocycles. The van der Waals surface area contributed by atoms with E-state index in [0.717, 1.165) is 0 Å². The molecule has 0 bridgehead atoms. The zero-order valence-corrected chi connectivity index (χ0v) is 14.5. The quantitative estimate of drug-likeness (QED) is 0.820. The second-order valence-electron chi connectivity index (χ2n) is 6.56. The monoisotopic (exact) mass is 339 g/mol. The number of hydrogen-bond donors (Lipinski definition) is 0. The van der Waals surface area contributed by atoms with Crippen LogP contribution in [0.15, 0.2) is 29.2 Å². The highest BCUT2D eigenvalue weighted by atomic mass is 32.2. The van der Waals surface area contributed by atoms with Gasteiger partial charge in [0.1, 0.15) is 17.2 Å². The minimum atomic E-state index is -0.571. The predicted octanol–water partition coefficient (Wildman–Crippen LogP) is 3.89. The van der Waals surface area contributed by atoms with E-state index >= 15 is 0 Å². The van der Waals surface area contributed by atoms with Crippen LogP contribution in [0.5, 0.6) is 0 Å². The van der Waals surface area contributed by atoms with E-state index in [2.05, 4.69) is 0 Å². The third-order valence-electron chi connectivity index (χ3n) is 3.32. The average Bonchev–Trinajstić information content (AvgIpc) is 2.60. The number of nitrogens with zero attached hydrogens (tertiary/aromatic N) is 1. The molecule has 0 spiro atoms. The summed E-state index contributed by atoms with van der Waals surface area (Å²) in [6.07, 6.45) is 0.641. The highest BCUT2D eigenvalue weighted by Crippen LogP contribution is 2.28. The molecule has 1 aliphatic rings. The fourth-order valence-electron chi connectivity index (χ4n) is 2.30. The maximum absolute atomic E-state index is 13.3. The van der Waals surface area contributed by atoms with Crippen molar-refractivity contribution in [3.8, 4) is 0 Å². The highest BCUT2D eigenvalue weighted by molar-refractivity contribution is 8.00. The number of Topliss-reactive ketones (excluding diaryl/α,β-unsaturated/α-hetero) is 1. The van der Waals surface area contributed by atoms with Crippen LogP contribution in [-0.2, 0) is 9.53 Å². The number of rotatable bonds is 2. The van der Waals surface area contributed by atoms with Gasteiger partial charge in [0.05, 0.1) is 5.25 Å². The summed E-state index contributed by atoms with van der Waals surface area (Å²) in [7, 11) is 0. The van der Waals surface area contributed by atoms with Crippen LogP contribution in [0.4, 0.5) is 9.18 Å². The lowest BCUT2D eigenvalue weighted by Gasteiger charge is -2.27. The van der Waals surface area contributed by atoms with Gasteiger partial charge in [-0.15, -0.1) is 11.8 Å². The Hall–Kier alpha value is -1.56. The molecule has 0 aliphatic carbocycles. The summed E-state index contributed by atoms with van der Waals surface area (Å²) in [6.45, 7) is 6.22. The normalized spacial score (nSPS) is 19.4. The standard InChI is InChI=1S/C17H22FNO3S/c1-17(2,3)22-16(21)19-9-5-8-14(20)15(11-19)23-13-7-4-6-12(18)10-13/h4,6-7,10,15H,5,8-9,11H2,1-3H3. The Morgan fingerprint density at radius 3 is 2.78 bits per heavy atom. The van der Waals surface area contributed by atoms with Gasteiger partial charge in [0.25, 0.3) is 0 Å². The third kappa shape index (κ3) is 5.53. The third-order valence-corrected chi connectivity index (χ3v) is 4.55. The molecule has 4 nitrogen and oxygen atoms in total. The van der Waals surface area contributed by atoms with Crippen LogP contribution < -0.4 is 0 Å². The topological polar surface area (TPSA) is 46.6 Å². The van der Waals surface area contributed by atoms with Crippen molar-refractivity contribution in [3.05, 3.63) is 30.1 Å². The first-order valence-corrected chi connectivity index (χ1v) is 8.55.